The molecule has 0 spiro atoms. The summed E-state index contributed by atoms with van der Waals surface area (Å²) in [6.07, 6.45) is 6.92. The molecule has 1 aromatic rings. The smallest absolute Gasteiger partial charge is 0.207 e. The van der Waals surface area contributed by atoms with E-state index in [9.17, 15) is 4.48 Å². The third kappa shape index (κ3) is 1.09. The largest absolute Gasteiger partial charge is 0.345 e. The Balaban J connectivity index is 2.25. The van der Waals surface area contributed by atoms with Crippen LogP contribution in [-0.2, 0) is 0 Å². The number of halogens is 1. The van der Waals surface area contributed by atoms with Crippen LogP contribution in [0.15, 0.2) is 29.7 Å². The third-order valence-corrected chi connectivity index (χ3v) is 1.54. The Hall–Kier alpha value is -1.65. The minimum absolute atomic E-state index is 0.498. The summed E-state index contributed by atoms with van der Waals surface area (Å²) in [5.74, 6) is 0.498. The van der Waals surface area contributed by atoms with Crippen LogP contribution < -0.4 is 0 Å². The van der Waals surface area contributed by atoms with E-state index in [-0.39, 0.29) is 0 Å². The molecule has 0 fully saturated rings. The maximum absolute atomic E-state index is 13.0. The number of rotatable bonds is 1. The topological polar surface area (TPSA) is 44.3 Å². The van der Waals surface area contributed by atoms with E-state index in [1.54, 1.807) is 18.6 Å². The van der Waals surface area contributed by atoms with Gasteiger partial charge in [0.1, 0.15) is 0 Å². The lowest BCUT2D eigenvalue weighted by Crippen LogP contribution is -2.16. The maximum Gasteiger partial charge on any atom is 0.207 e. The van der Waals surface area contributed by atoms with Crippen molar-refractivity contribution in [2.24, 2.45) is 4.99 Å². The zero-order chi connectivity index (χ0) is 8.39. The fourth-order valence-corrected chi connectivity index (χ4v) is 1.00. The van der Waals surface area contributed by atoms with Crippen LogP contribution in [0, 0.1) is 0 Å². The van der Waals surface area contributed by atoms with E-state index in [1.165, 1.54) is 12.3 Å². The predicted molar refractivity (Wildman–Crippen MR) is 41.9 cm³/mol. The number of nitrogens with zero attached hydrogens (tertiary/aromatic N) is 3. The molecule has 1 unspecified atom stereocenters. The van der Waals surface area contributed by atoms with Gasteiger partial charge >= 0.3 is 0 Å². The van der Waals surface area contributed by atoms with E-state index in [0.717, 1.165) is 0 Å². The average Bonchev–Trinajstić information content (AvgIpc) is 2.57. The first kappa shape index (κ1) is 7.02. The summed E-state index contributed by atoms with van der Waals surface area (Å²) < 4.78 is 13.0. The van der Waals surface area contributed by atoms with Crippen molar-refractivity contribution in [3.05, 3.63) is 30.5 Å². The Kier molecular flexibility index (Phi) is 1.62. The number of nitrogens with one attached hydrogen (secondary N) is 1. The van der Waals surface area contributed by atoms with Crippen LogP contribution in [0.4, 0.5) is 4.48 Å². The van der Waals surface area contributed by atoms with E-state index in [4.69, 9.17) is 0 Å². The predicted octanol–water partition coefficient (Wildman–Crippen LogP) is 1.19. The van der Waals surface area contributed by atoms with Gasteiger partial charge in [-0.15, -0.1) is 0 Å². The van der Waals surface area contributed by atoms with Gasteiger partial charge < -0.3 is 4.98 Å². The molecule has 1 aliphatic rings. The second kappa shape index (κ2) is 2.77. The number of H-pyrrole nitrogens is 1. The Morgan fingerprint density at radius 1 is 1.58 bits per heavy atom. The van der Waals surface area contributed by atoms with Crippen LogP contribution in [0.2, 0.25) is 0 Å². The van der Waals surface area contributed by atoms with Crippen molar-refractivity contribution in [1.29, 1.82) is 0 Å². The SMILES string of the molecule is FN1C=CC=NC1c1ncc[nH]1. The zero-order valence-corrected chi connectivity index (χ0v) is 6.18. The molecule has 0 amide bonds. The Labute approximate surface area is 68.4 Å². The van der Waals surface area contributed by atoms with Crippen molar-refractivity contribution in [1.82, 2.24) is 15.1 Å². The molecule has 0 aliphatic carbocycles. The second-order valence-corrected chi connectivity index (χ2v) is 2.33. The Morgan fingerprint density at radius 2 is 2.50 bits per heavy atom. The molecule has 1 aromatic heterocycles. The van der Waals surface area contributed by atoms with E-state index in [0.29, 0.717) is 10.9 Å². The zero-order valence-electron chi connectivity index (χ0n) is 6.18. The van der Waals surface area contributed by atoms with E-state index in [2.05, 4.69) is 15.0 Å². The Bertz CT molecular complexity index is 303. The molecule has 0 radical (unpaired) electrons. The molecule has 1 N–H and O–H groups in total. The number of aliphatic imine (C=N–C) groups is 1. The molecule has 5 heteroatoms. The summed E-state index contributed by atoms with van der Waals surface area (Å²) in [6, 6.07) is 0. The van der Waals surface area contributed by atoms with Crippen molar-refractivity contribution in [2.75, 3.05) is 0 Å². The highest BCUT2D eigenvalue weighted by molar-refractivity contribution is 5.71. The highest BCUT2D eigenvalue weighted by Gasteiger charge is 2.19. The van der Waals surface area contributed by atoms with Gasteiger partial charge in [-0.25, -0.2) is 4.98 Å². The van der Waals surface area contributed by atoms with Gasteiger partial charge in [0, 0.05) is 24.8 Å². The third-order valence-electron chi connectivity index (χ3n) is 1.54. The minimum Gasteiger partial charge on any atom is -0.345 e. The fraction of sp³-hybridized carbons (Fsp3) is 0.143. The van der Waals surface area contributed by atoms with Crippen LogP contribution >= 0.6 is 0 Å². The van der Waals surface area contributed by atoms with Crippen LogP contribution in [0.25, 0.3) is 0 Å². The average molecular weight is 166 g/mol. The molecular weight excluding hydrogens is 159 g/mol. The van der Waals surface area contributed by atoms with Crippen molar-refractivity contribution in [3.8, 4) is 0 Å². The summed E-state index contributed by atoms with van der Waals surface area (Å²) in [4.78, 5) is 10.6. The second-order valence-electron chi connectivity index (χ2n) is 2.33. The summed E-state index contributed by atoms with van der Waals surface area (Å²) in [5, 5.41) is 0.499. The molecule has 0 aromatic carbocycles. The first-order chi connectivity index (χ1) is 5.88. The Morgan fingerprint density at radius 3 is 3.17 bits per heavy atom. The first-order valence-electron chi connectivity index (χ1n) is 3.51. The number of allylic oxidation sites excluding steroid dienone is 1. The molecule has 0 saturated heterocycles. The summed E-state index contributed by atoms with van der Waals surface area (Å²) in [6.45, 7) is 0. The van der Waals surface area contributed by atoms with Gasteiger partial charge in [0.2, 0.25) is 6.17 Å². The number of aromatic amines is 1. The molecule has 2 heterocycles. The van der Waals surface area contributed by atoms with Crippen LogP contribution in [0.5, 0.6) is 0 Å². The molecule has 62 valence electrons. The van der Waals surface area contributed by atoms with Crippen LogP contribution in [0.3, 0.4) is 0 Å². The van der Waals surface area contributed by atoms with Gasteiger partial charge in [-0.1, -0.05) is 4.48 Å². The quantitative estimate of drug-likeness (QED) is 0.637. The van der Waals surface area contributed by atoms with E-state index >= 15 is 0 Å². The van der Waals surface area contributed by atoms with Crippen molar-refractivity contribution in [3.63, 3.8) is 0 Å². The highest BCUT2D eigenvalue weighted by atomic mass is 19.2. The van der Waals surface area contributed by atoms with Gasteiger partial charge in [-0.05, 0) is 6.08 Å². The molecule has 0 bridgehead atoms. The number of imidazole rings is 1. The van der Waals surface area contributed by atoms with Crippen LogP contribution in [0.1, 0.15) is 12.0 Å². The summed E-state index contributed by atoms with van der Waals surface area (Å²) in [7, 11) is 0. The molecule has 12 heavy (non-hydrogen) atoms. The highest BCUT2D eigenvalue weighted by Crippen LogP contribution is 2.20. The van der Waals surface area contributed by atoms with Crippen molar-refractivity contribution in [2.45, 2.75) is 6.17 Å². The van der Waals surface area contributed by atoms with Crippen LogP contribution in [-0.4, -0.2) is 21.3 Å². The lowest BCUT2D eigenvalue weighted by Gasteiger charge is -2.17. The lowest BCUT2D eigenvalue weighted by atomic mass is 10.4. The van der Waals surface area contributed by atoms with E-state index in [1.807, 2.05) is 0 Å². The minimum atomic E-state index is -0.662. The number of hydrogen-bond acceptors (Lipinski definition) is 3. The summed E-state index contributed by atoms with van der Waals surface area (Å²) in [5.41, 5.74) is 0. The van der Waals surface area contributed by atoms with Gasteiger partial charge in [0.15, 0.2) is 5.82 Å². The number of hydrogen-bond donors (Lipinski definition) is 1. The van der Waals surface area contributed by atoms with Gasteiger partial charge in [0.25, 0.3) is 0 Å². The maximum atomic E-state index is 13.0. The molecule has 1 atom stereocenters. The van der Waals surface area contributed by atoms with Gasteiger partial charge in [-0.2, -0.15) is 5.12 Å². The van der Waals surface area contributed by atoms with Gasteiger partial charge in [0.05, 0.1) is 0 Å². The normalized spacial score (nSPS) is 21.8. The number of aromatic nitrogens is 2. The standard InChI is InChI=1S/C7H7FN4/c8-12-5-1-2-11-7(12)6-9-3-4-10-6/h1-5,7H,(H,9,10). The molecule has 4 nitrogen and oxygen atoms in total. The monoisotopic (exact) mass is 166 g/mol. The van der Waals surface area contributed by atoms with Gasteiger partial charge in [-0.3, -0.25) is 4.99 Å². The molecular formula is C7H7FN4. The molecule has 0 saturated carbocycles. The van der Waals surface area contributed by atoms with Crippen molar-refractivity contribution >= 4 is 6.21 Å². The summed E-state index contributed by atoms with van der Waals surface area (Å²) >= 11 is 0. The fourth-order valence-electron chi connectivity index (χ4n) is 1.00. The first-order valence-corrected chi connectivity index (χ1v) is 3.51. The lowest BCUT2D eigenvalue weighted by molar-refractivity contribution is 0.0344. The van der Waals surface area contributed by atoms with E-state index < -0.39 is 6.17 Å². The molecule has 1 aliphatic heterocycles. The molecule has 2 rings (SSSR count). The van der Waals surface area contributed by atoms with Crippen molar-refractivity contribution < 1.29 is 4.48 Å².